The normalized spacial score (nSPS) is 12.5. The Kier molecular flexibility index (Phi) is 8.20. The summed E-state index contributed by atoms with van der Waals surface area (Å²) in [4.78, 5) is 13.2. The molecule has 1 amide bonds. The van der Waals surface area contributed by atoms with Crippen LogP contribution in [0.25, 0.3) is 0 Å². The molecule has 1 unspecified atom stereocenters. The van der Waals surface area contributed by atoms with Gasteiger partial charge in [-0.25, -0.2) is 8.42 Å². The van der Waals surface area contributed by atoms with E-state index in [4.69, 9.17) is 11.6 Å². The summed E-state index contributed by atoms with van der Waals surface area (Å²) in [5.74, 6) is -0.0869. The number of hydrogen-bond donors (Lipinski definition) is 1. The summed E-state index contributed by atoms with van der Waals surface area (Å²) in [6.45, 7) is 8.10. The Morgan fingerprint density at radius 1 is 1.12 bits per heavy atom. The van der Waals surface area contributed by atoms with Crippen molar-refractivity contribution >= 4 is 44.8 Å². The summed E-state index contributed by atoms with van der Waals surface area (Å²) in [6, 6.07) is 12.1. The van der Waals surface area contributed by atoms with Crippen LogP contribution in [0.5, 0.6) is 0 Å². The molecule has 3 rings (SSSR count). The van der Waals surface area contributed by atoms with Crippen LogP contribution in [0.3, 0.4) is 0 Å². The van der Waals surface area contributed by atoms with Gasteiger partial charge in [-0.3, -0.25) is 4.79 Å². The van der Waals surface area contributed by atoms with Crippen LogP contribution in [0, 0.1) is 13.8 Å². The molecule has 176 valence electrons. The fourth-order valence-corrected chi connectivity index (χ4v) is 5.70. The molecule has 0 aliphatic rings. The van der Waals surface area contributed by atoms with E-state index < -0.39 is 15.1 Å². The predicted octanol–water partition coefficient (Wildman–Crippen LogP) is 5.05. The van der Waals surface area contributed by atoms with E-state index in [-0.39, 0.29) is 16.6 Å². The topological polar surface area (TPSA) is 93.9 Å². The Labute approximate surface area is 203 Å². The fourth-order valence-electron chi connectivity index (χ4n) is 3.22. The molecule has 0 aliphatic carbocycles. The molecular formula is C23H27ClN4O3S2. The van der Waals surface area contributed by atoms with E-state index in [0.717, 1.165) is 11.1 Å². The average Bonchev–Trinajstić information content (AvgIpc) is 3.15. The van der Waals surface area contributed by atoms with Crippen molar-refractivity contribution in [2.45, 2.75) is 61.7 Å². The van der Waals surface area contributed by atoms with Crippen LogP contribution in [0.2, 0.25) is 5.02 Å². The number of nitrogens with one attached hydrogen (secondary N) is 1. The Morgan fingerprint density at radius 3 is 2.45 bits per heavy atom. The molecule has 0 saturated carbocycles. The van der Waals surface area contributed by atoms with Gasteiger partial charge in [0.1, 0.15) is 11.6 Å². The first-order chi connectivity index (χ1) is 15.6. The smallest absolute Gasteiger partial charge is 0.237 e. The minimum atomic E-state index is -3.57. The molecule has 1 atom stereocenters. The number of hydrogen-bond acceptors (Lipinski definition) is 6. The van der Waals surface area contributed by atoms with Crippen LogP contribution < -0.4 is 5.32 Å². The highest BCUT2D eigenvalue weighted by atomic mass is 35.5. The molecule has 3 aromatic rings. The van der Waals surface area contributed by atoms with Crippen LogP contribution in [-0.4, -0.2) is 34.3 Å². The van der Waals surface area contributed by atoms with Gasteiger partial charge in [-0.05, 0) is 57.0 Å². The Hall–Kier alpha value is -2.36. The third-order valence-corrected chi connectivity index (χ3v) is 8.39. The highest BCUT2D eigenvalue weighted by Gasteiger charge is 2.25. The number of halogens is 1. The van der Waals surface area contributed by atoms with Gasteiger partial charge < -0.3 is 9.88 Å². The third kappa shape index (κ3) is 6.16. The van der Waals surface area contributed by atoms with Crippen molar-refractivity contribution in [3.63, 3.8) is 0 Å². The lowest BCUT2D eigenvalue weighted by Gasteiger charge is -2.16. The van der Waals surface area contributed by atoms with Gasteiger partial charge in [0, 0.05) is 17.3 Å². The number of carbonyl (C=O) groups is 1. The van der Waals surface area contributed by atoms with Crippen LogP contribution in [0.1, 0.15) is 37.2 Å². The van der Waals surface area contributed by atoms with E-state index in [0.29, 0.717) is 34.7 Å². The number of anilines is 1. The zero-order valence-electron chi connectivity index (χ0n) is 19.0. The molecule has 0 spiro atoms. The van der Waals surface area contributed by atoms with Crippen LogP contribution in [0.15, 0.2) is 52.5 Å². The van der Waals surface area contributed by atoms with E-state index >= 15 is 0 Å². The van der Waals surface area contributed by atoms with Crippen LogP contribution >= 0.6 is 23.4 Å². The number of nitrogens with zero attached hydrogens (tertiary/aromatic N) is 3. The monoisotopic (exact) mass is 506 g/mol. The van der Waals surface area contributed by atoms with Crippen LogP contribution in [0.4, 0.5) is 5.69 Å². The SMILES string of the molecule is CCC(Sc1nnc(CS(=O)(=O)c2ccc(C)cc2)n1CC)C(=O)Nc1cc(Cl)ccc1C. The highest BCUT2D eigenvalue weighted by molar-refractivity contribution is 8.00. The van der Waals surface area contributed by atoms with Gasteiger partial charge in [0.25, 0.3) is 0 Å². The van der Waals surface area contributed by atoms with Gasteiger partial charge in [0.15, 0.2) is 15.0 Å². The Bertz CT molecular complexity index is 1240. The van der Waals surface area contributed by atoms with Gasteiger partial charge in [0.05, 0.1) is 10.1 Å². The summed E-state index contributed by atoms with van der Waals surface area (Å²) in [6.07, 6.45) is 0.559. The number of thioether (sulfide) groups is 1. The number of benzene rings is 2. The quantitative estimate of drug-likeness (QED) is 0.408. The molecule has 1 N–H and O–H groups in total. The van der Waals surface area contributed by atoms with Crippen molar-refractivity contribution in [2.24, 2.45) is 0 Å². The van der Waals surface area contributed by atoms with Gasteiger partial charge in [-0.2, -0.15) is 0 Å². The van der Waals surface area contributed by atoms with Gasteiger partial charge in [-0.1, -0.05) is 54.0 Å². The molecule has 0 bridgehead atoms. The first kappa shape index (κ1) is 25.3. The number of carbonyl (C=O) groups excluding carboxylic acids is 1. The average molecular weight is 507 g/mol. The zero-order valence-corrected chi connectivity index (χ0v) is 21.4. The highest BCUT2D eigenvalue weighted by Crippen LogP contribution is 2.28. The number of amides is 1. The molecule has 2 aromatic carbocycles. The maximum atomic E-state index is 12.9. The first-order valence-electron chi connectivity index (χ1n) is 10.6. The van der Waals surface area contributed by atoms with Gasteiger partial charge >= 0.3 is 0 Å². The second-order valence-electron chi connectivity index (χ2n) is 7.68. The number of rotatable bonds is 9. The van der Waals surface area contributed by atoms with E-state index in [9.17, 15) is 13.2 Å². The van der Waals surface area contributed by atoms with Crippen molar-refractivity contribution in [1.82, 2.24) is 14.8 Å². The van der Waals surface area contributed by atoms with Crippen molar-refractivity contribution in [1.29, 1.82) is 0 Å². The predicted molar refractivity (Wildman–Crippen MR) is 133 cm³/mol. The maximum absolute atomic E-state index is 12.9. The number of aryl methyl sites for hydroxylation is 2. The summed E-state index contributed by atoms with van der Waals surface area (Å²) >= 11 is 7.33. The van der Waals surface area contributed by atoms with Crippen molar-refractivity contribution in [3.05, 3.63) is 64.4 Å². The van der Waals surface area contributed by atoms with E-state index in [2.05, 4.69) is 15.5 Å². The molecule has 0 fully saturated rings. The van der Waals surface area contributed by atoms with E-state index in [1.807, 2.05) is 33.8 Å². The van der Waals surface area contributed by atoms with Crippen molar-refractivity contribution in [3.8, 4) is 0 Å². The summed E-state index contributed by atoms with van der Waals surface area (Å²) in [5, 5.41) is 11.9. The fraction of sp³-hybridized carbons (Fsp3) is 0.348. The molecular weight excluding hydrogens is 480 g/mol. The lowest BCUT2D eigenvalue weighted by atomic mass is 10.2. The van der Waals surface area contributed by atoms with Crippen LogP contribution in [-0.2, 0) is 26.9 Å². The van der Waals surface area contributed by atoms with E-state index in [1.54, 1.807) is 41.0 Å². The zero-order chi connectivity index (χ0) is 24.2. The molecule has 10 heteroatoms. The minimum absolute atomic E-state index is 0.174. The van der Waals surface area contributed by atoms with Gasteiger partial charge in [-0.15, -0.1) is 10.2 Å². The first-order valence-corrected chi connectivity index (χ1v) is 13.5. The number of aromatic nitrogens is 3. The molecule has 0 aliphatic heterocycles. The largest absolute Gasteiger partial charge is 0.325 e. The second kappa shape index (κ2) is 10.7. The molecule has 1 heterocycles. The summed E-state index contributed by atoms with van der Waals surface area (Å²) in [7, 11) is -3.57. The maximum Gasteiger partial charge on any atom is 0.237 e. The van der Waals surface area contributed by atoms with Gasteiger partial charge in [0.2, 0.25) is 5.91 Å². The second-order valence-corrected chi connectivity index (χ2v) is 11.3. The standard InChI is InChI=1S/C23H27ClN4O3S2/c1-5-20(22(29)25-19-13-17(24)10-9-16(19)4)32-23-27-26-21(28(23)6-2)14-33(30,31)18-11-7-15(3)8-12-18/h7-13,20H,5-6,14H2,1-4H3,(H,25,29). The molecule has 7 nitrogen and oxygen atoms in total. The Morgan fingerprint density at radius 2 is 1.82 bits per heavy atom. The lowest BCUT2D eigenvalue weighted by Crippen LogP contribution is -2.25. The Balaban J connectivity index is 1.78. The molecule has 0 saturated heterocycles. The lowest BCUT2D eigenvalue weighted by molar-refractivity contribution is -0.115. The molecule has 33 heavy (non-hydrogen) atoms. The minimum Gasteiger partial charge on any atom is -0.325 e. The van der Waals surface area contributed by atoms with E-state index in [1.165, 1.54) is 11.8 Å². The molecule has 0 radical (unpaired) electrons. The molecule has 1 aromatic heterocycles. The summed E-state index contributed by atoms with van der Waals surface area (Å²) < 4.78 is 27.5. The third-order valence-electron chi connectivity index (χ3n) is 5.18. The van der Waals surface area contributed by atoms with Crippen molar-refractivity contribution in [2.75, 3.05) is 5.32 Å². The summed E-state index contributed by atoms with van der Waals surface area (Å²) in [5.41, 5.74) is 2.56. The number of sulfone groups is 1. The van der Waals surface area contributed by atoms with Crippen molar-refractivity contribution < 1.29 is 13.2 Å².